The summed E-state index contributed by atoms with van der Waals surface area (Å²) in [7, 11) is 0. The van der Waals surface area contributed by atoms with Crippen LogP contribution < -0.4 is 10.6 Å². The molecular weight excluding hydrogens is 356 g/mol. The molecule has 2 amide bonds. The minimum atomic E-state index is -0.800. The Morgan fingerprint density at radius 3 is 2.57 bits per heavy atom. The minimum Gasteiger partial charge on any atom is -0.480 e. The molecule has 0 bridgehead atoms. The molecule has 2 fully saturated rings. The van der Waals surface area contributed by atoms with Crippen molar-refractivity contribution in [3.8, 4) is 0 Å². The standard InChI is InChI=1S/C21H32N4O3/c1-3-24(14-20(26)27)18-11-17(12-18)22-21(28)23-19-9-10-25(15(19)2)13-16-7-5-4-6-8-16/h4-8,15,17-19H,3,9-14H2,1-2H3,(H,26,27)(H2,22,23,28). The van der Waals surface area contributed by atoms with Gasteiger partial charge < -0.3 is 15.7 Å². The molecule has 1 saturated heterocycles. The number of nitrogens with zero attached hydrogens (tertiary/aromatic N) is 2. The van der Waals surface area contributed by atoms with Crippen molar-refractivity contribution in [1.82, 2.24) is 20.4 Å². The maximum Gasteiger partial charge on any atom is 0.317 e. The first kappa shape index (κ1) is 20.6. The summed E-state index contributed by atoms with van der Waals surface area (Å²) >= 11 is 0. The van der Waals surface area contributed by atoms with E-state index in [2.05, 4.69) is 46.7 Å². The smallest absolute Gasteiger partial charge is 0.317 e. The van der Waals surface area contributed by atoms with Gasteiger partial charge in [-0.25, -0.2) is 4.79 Å². The van der Waals surface area contributed by atoms with Crippen LogP contribution >= 0.6 is 0 Å². The van der Waals surface area contributed by atoms with E-state index in [1.807, 2.05) is 17.9 Å². The monoisotopic (exact) mass is 388 g/mol. The molecule has 7 heteroatoms. The highest BCUT2D eigenvalue weighted by atomic mass is 16.4. The largest absolute Gasteiger partial charge is 0.480 e. The summed E-state index contributed by atoms with van der Waals surface area (Å²) in [6.07, 6.45) is 2.58. The fourth-order valence-corrected chi connectivity index (χ4v) is 4.31. The van der Waals surface area contributed by atoms with Crippen molar-refractivity contribution in [2.75, 3.05) is 19.6 Å². The summed E-state index contributed by atoms with van der Waals surface area (Å²) in [6, 6.07) is 11.1. The molecule has 1 aromatic rings. The van der Waals surface area contributed by atoms with Crippen LogP contribution in [0.15, 0.2) is 30.3 Å². The predicted molar refractivity (Wildman–Crippen MR) is 108 cm³/mol. The van der Waals surface area contributed by atoms with E-state index in [1.165, 1.54) is 5.56 Å². The molecule has 1 heterocycles. The van der Waals surface area contributed by atoms with Gasteiger partial charge in [0.25, 0.3) is 0 Å². The van der Waals surface area contributed by atoms with Crippen LogP contribution in [0.3, 0.4) is 0 Å². The van der Waals surface area contributed by atoms with E-state index in [-0.39, 0.29) is 30.7 Å². The number of hydrogen-bond donors (Lipinski definition) is 3. The van der Waals surface area contributed by atoms with E-state index in [9.17, 15) is 9.59 Å². The van der Waals surface area contributed by atoms with Crippen LogP contribution in [0.2, 0.25) is 0 Å². The maximum atomic E-state index is 12.4. The number of nitrogens with one attached hydrogen (secondary N) is 2. The number of aliphatic carboxylic acids is 1. The summed E-state index contributed by atoms with van der Waals surface area (Å²) in [5.41, 5.74) is 1.29. The second-order valence-electron chi connectivity index (χ2n) is 7.99. The number of urea groups is 1. The lowest BCUT2D eigenvalue weighted by Crippen LogP contribution is -2.57. The first-order chi connectivity index (χ1) is 13.5. The first-order valence-corrected chi connectivity index (χ1v) is 10.3. The number of carboxylic acids is 1. The van der Waals surface area contributed by atoms with Crippen LogP contribution in [-0.2, 0) is 11.3 Å². The number of likely N-dealkylation sites (tertiary alicyclic amines) is 1. The van der Waals surface area contributed by atoms with Gasteiger partial charge in [-0.2, -0.15) is 0 Å². The molecule has 0 radical (unpaired) electrons. The molecule has 0 spiro atoms. The van der Waals surface area contributed by atoms with Crippen molar-refractivity contribution in [3.63, 3.8) is 0 Å². The average Bonchev–Trinajstić information content (AvgIpc) is 2.97. The van der Waals surface area contributed by atoms with Crippen LogP contribution in [0.5, 0.6) is 0 Å². The SMILES string of the molecule is CCN(CC(=O)O)C1CC(NC(=O)NC2CCN(Cc3ccccc3)C2C)C1. The molecular formula is C21H32N4O3. The van der Waals surface area contributed by atoms with Gasteiger partial charge in [0.05, 0.1) is 6.54 Å². The molecule has 0 aromatic heterocycles. The molecule has 154 valence electrons. The van der Waals surface area contributed by atoms with Gasteiger partial charge in [-0.3, -0.25) is 14.6 Å². The van der Waals surface area contributed by atoms with Crippen molar-refractivity contribution >= 4 is 12.0 Å². The summed E-state index contributed by atoms with van der Waals surface area (Å²) in [6.45, 7) is 6.81. The lowest BCUT2D eigenvalue weighted by atomic mass is 9.85. The van der Waals surface area contributed by atoms with Crippen LogP contribution in [0.1, 0.15) is 38.7 Å². The highest BCUT2D eigenvalue weighted by Crippen LogP contribution is 2.26. The number of carbonyl (C=O) groups excluding carboxylic acids is 1. The highest BCUT2D eigenvalue weighted by Gasteiger charge is 2.36. The number of carboxylic acid groups (broad SMARTS) is 1. The lowest BCUT2D eigenvalue weighted by molar-refractivity contribution is -0.139. The second kappa shape index (κ2) is 9.39. The Kier molecular flexibility index (Phi) is 6.91. The molecule has 1 aliphatic carbocycles. The van der Waals surface area contributed by atoms with E-state index in [1.54, 1.807) is 0 Å². The van der Waals surface area contributed by atoms with Crippen molar-refractivity contribution in [3.05, 3.63) is 35.9 Å². The van der Waals surface area contributed by atoms with Gasteiger partial charge in [0.1, 0.15) is 0 Å². The van der Waals surface area contributed by atoms with Crippen LogP contribution in [0.25, 0.3) is 0 Å². The van der Waals surface area contributed by atoms with E-state index >= 15 is 0 Å². The Morgan fingerprint density at radius 1 is 1.21 bits per heavy atom. The molecule has 28 heavy (non-hydrogen) atoms. The Bertz CT molecular complexity index is 663. The van der Waals surface area contributed by atoms with E-state index in [4.69, 9.17) is 5.11 Å². The zero-order valence-corrected chi connectivity index (χ0v) is 16.8. The third-order valence-corrected chi connectivity index (χ3v) is 6.14. The fraction of sp³-hybridized carbons (Fsp3) is 0.619. The summed E-state index contributed by atoms with van der Waals surface area (Å²) in [4.78, 5) is 27.7. The first-order valence-electron chi connectivity index (χ1n) is 10.3. The molecule has 1 aliphatic heterocycles. The molecule has 2 unspecified atom stereocenters. The number of likely N-dealkylation sites (N-methyl/N-ethyl adjacent to an activating group) is 1. The number of rotatable bonds is 8. The Balaban J connectivity index is 1.39. The Labute approximate surface area is 167 Å². The third kappa shape index (κ3) is 5.23. The maximum absolute atomic E-state index is 12.4. The zero-order valence-electron chi connectivity index (χ0n) is 16.8. The number of hydrogen-bond acceptors (Lipinski definition) is 4. The molecule has 1 saturated carbocycles. The highest BCUT2D eigenvalue weighted by molar-refractivity contribution is 5.75. The number of benzene rings is 1. The van der Waals surface area contributed by atoms with Gasteiger partial charge in [-0.05, 0) is 38.3 Å². The van der Waals surface area contributed by atoms with Gasteiger partial charge in [0.15, 0.2) is 0 Å². The van der Waals surface area contributed by atoms with Crippen molar-refractivity contribution in [1.29, 1.82) is 0 Å². The summed E-state index contributed by atoms with van der Waals surface area (Å²) in [5.74, 6) is -0.800. The molecule has 7 nitrogen and oxygen atoms in total. The average molecular weight is 389 g/mol. The molecule has 2 aliphatic rings. The van der Waals surface area contributed by atoms with Crippen molar-refractivity contribution in [2.45, 2.75) is 63.8 Å². The van der Waals surface area contributed by atoms with Gasteiger partial charge in [0.2, 0.25) is 0 Å². The van der Waals surface area contributed by atoms with Crippen molar-refractivity contribution < 1.29 is 14.7 Å². The third-order valence-electron chi connectivity index (χ3n) is 6.14. The normalized spacial score (nSPS) is 27.4. The van der Waals surface area contributed by atoms with Gasteiger partial charge >= 0.3 is 12.0 Å². The Morgan fingerprint density at radius 2 is 1.93 bits per heavy atom. The molecule has 3 N–H and O–H groups in total. The number of carbonyl (C=O) groups is 2. The molecule has 2 atom stereocenters. The molecule has 3 rings (SSSR count). The minimum absolute atomic E-state index is 0.0664. The topological polar surface area (TPSA) is 84.9 Å². The van der Waals surface area contributed by atoms with Crippen LogP contribution in [-0.4, -0.2) is 70.7 Å². The van der Waals surface area contributed by atoms with E-state index in [0.29, 0.717) is 12.6 Å². The van der Waals surface area contributed by atoms with Crippen LogP contribution in [0, 0.1) is 0 Å². The van der Waals surface area contributed by atoms with Crippen molar-refractivity contribution in [2.24, 2.45) is 0 Å². The van der Waals surface area contributed by atoms with Gasteiger partial charge in [0, 0.05) is 37.3 Å². The van der Waals surface area contributed by atoms with Gasteiger partial charge in [-0.15, -0.1) is 0 Å². The van der Waals surface area contributed by atoms with E-state index in [0.717, 1.165) is 32.4 Å². The van der Waals surface area contributed by atoms with E-state index < -0.39 is 5.97 Å². The quantitative estimate of drug-likeness (QED) is 0.633. The summed E-state index contributed by atoms with van der Waals surface area (Å²) < 4.78 is 0. The van der Waals surface area contributed by atoms with Crippen LogP contribution in [0.4, 0.5) is 4.79 Å². The Hall–Kier alpha value is -2.12. The number of amides is 2. The predicted octanol–water partition coefficient (Wildman–Crippen LogP) is 1.89. The fourth-order valence-electron chi connectivity index (χ4n) is 4.31. The lowest BCUT2D eigenvalue weighted by Gasteiger charge is -2.42. The zero-order chi connectivity index (χ0) is 20.1. The van der Waals surface area contributed by atoms with Gasteiger partial charge in [-0.1, -0.05) is 37.3 Å². The summed E-state index contributed by atoms with van der Waals surface area (Å²) in [5, 5.41) is 15.2. The molecule has 1 aromatic carbocycles. The second-order valence-corrected chi connectivity index (χ2v) is 7.99.